The van der Waals surface area contributed by atoms with Gasteiger partial charge in [0.15, 0.2) is 0 Å². The van der Waals surface area contributed by atoms with E-state index in [0.717, 1.165) is 19.5 Å². The molecule has 0 spiro atoms. The van der Waals surface area contributed by atoms with Gasteiger partial charge in [0.05, 0.1) is 5.60 Å². The second kappa shape index (κ2) is 7.38. The van der Waals surface area contributed by atoms with E-state index >= 15 is 0 Å². The van der Waals surface area contributed by atoms with Gasteiger partial charge in [-0.15, -0.1) is 0 Å². The smallest absolute Gasteiger partial charge is 0.0662 e. The van der Waals surface area contributed by atoms with Crippen LogP contribution in [0.1, 0.15) is 65.7 Å². The first kappa shape index (κ1) is 15.0. The Hall–Kier alpha value is -0.0800. The largest absolute Gasteiger partial charge is 0.390 e. The first-order valence-corrected chi connectivity index (χ1v) is 7.53. The predicted octanol–water partition coefficient (Wildman–Crippen LogP) is 3.34. The molecule has 2 heteroatoms. The molecule has 0 radical (unpaired) electrons. The van der Waals surface area contributed by atoms with Crippen molar-refractivity contribution in [1.29, 1.82) is 0 Å². The Morgan fingerprint density at radius 2 is 2.18 bits per heavy atom. The zero-order valence-electron chi connectivity index (χ0n) is 12.0. The Balaban J connectivity index is 2.44. The van der Waals surface area contributed by atoms with Crippen LogP contribution in [-0.2, 0) is 0 Å². The quantitative estimate of drug-likeness (QED) is 0.716. The molecule has 3 unspecified atom stereocenters. The van der Waals surface area contributed by atoms with Crippen LogP contribution in [0.5, 0.6) is 0 Å². The summed E-state index contributed by atoms with van der Waals surface area (Å²) in [6.07, 6.45) is 8.44. The molecule has 1 aliphatic rings. The van der Waals surface area contributed by atoms with Crippen LogP contribution in [0.2, 0.25) is 0 Å². The third-order valence-corrected chi connectivity index (χ3v) is 4.42. The van der Waals surface area contributed by atoms with Gasteiger partial charge in [-0.2, -0.15) is 0 Å². The van der Waals surface area contributed by atoms with Crippen molar-refractivity contribution in [2.45, 2.75) is 71.3 Å². The molecule has 0 amide bonds. The molecule has 0 aromatic carbocycles. The van der Waals surface area contributed by atoms with E-state index in [9.17, 15) is 5.11 Å². The average molecular weight is 241 g/mol. The van der Waals surface area contributed by atoms with Crippen LogP contribution >= 0.6 is 0 Å². The average Bonchev–Trinajstić information content (AvgIpc) is 2.35. The Morgan fingerprint density at radius 3 is 2.71 bits per heavy atom. The zero-order valence-corrected chi connectivity index (χ0v) is 12.0. The van der Waals surface area contributed by atoms with Crippen LogP contribution in [0.15, 0.2) is 0 Å². The van der Waals surface area contributed by atoms with Gasteiger partial charge in [-0.05, 0) is 44.6 Å². The lowest BCUT2D eigenvalue weighted by molar-refractivity contribution is -0.0322. The Morgan fingerprint density at radius 1 is 1.41 bits per heavy atom. The van der Waals surface area contributed by atoms with Gasteiger partial charge in [-0.3, -0.25) is 0 Å². The second-order valence-electron chi connectivity index (χ2n) is 6.02. The van der Waals surface area contributed by atoms with E-state index in [1.165, 1.54) is 38.5 Å². The monoisotopic (exact) mass is 241 g/mol. The minimum Gasteiger partial charge on any atom is -0.390 e. The molecule has 17 heavy (non-hydrogen) atoms. The van der Waals surface area contributed by atoms with Crippen molar-refractivity contribution in [3.63, 3.8) is 0 Å². The van der Waals surface area contributed by atoms with E-state index in [-0.39, 0.29) is 0 Å². The third-order valence-electron chi connectivity index (χ3n) is 4.42. The van der Waals surface area contributed by atoms with Gasteiger partial charge >= 0.3 is 0 Å². The molecule has 0 aromatic heterocycles. The first-order chi connectivity index (χ1) is 8.10. The summed E-state index contributed by atoms with van der Waals surface area (Å²) in [5.41, 5.74) is -0.470. The van der Waals surface area contributed by atoms with Gasteiger partial charge in [0.2, 0.25) is 0 Å². The highest BCUT2D eigenvalue weighted by atomic mass is 16.3. The maximum absolute atomic E-state index is 10.7. The molecule has 0 bridgehead atoms. The topological polar surface area (TPSA) is 32.3 Å². The molecule has 0 aromatic rings. The summed E-state index contributed by atoms with van der Waals surface area (Å²) in [5.74, 6) is 1.15. The lowest BCUT2D eigenvalue weighted by atomic mass is 9.76. The van der Waals surface area contributed by atoms with Crippen LogP contribution < -0.4 is 5.32 Å². The Labute approximate surface area is 107 Å². The van der Waals surface area contributed by atoms with Crippen molar-refractivity contribution < 1.29 is 5.11 Å². The van der Waals surface area contributed by atoms with E-state index in [1.54, 1.807) is 0 Å². The highest BCUT2D eigenvalue weighted by Crippen LogP contribution is 2.32. The van der Waals surface area contributed by atoms with E-state index < -0.39 is 5.60 Å². The van der Waals surface area contributed by atoms with E-state index in [0.29, 0.717) is 11.8 Å². The number of unbranched alkanes of at least 4 members (excludes halogenated alkanes) is 1. The maximum atomic E-state index is 10.7. The van der Waals surface area contributed by atoms with Crippen molar-refractivity contribution in [2.24, 2.45) is 11.8 Å². The summed E-state index contributed by atoms with van der Waals surface area (Å²) < 4.78 is 0. The number of hydrogen-bond acceptors (Lipinski definition) is 2. The molecule has 1 heterocycles. The van der Waals surface area contributed by atoms with Crippen LogP contribution in [-0.4, -0.2) is 23.8 Å². The van der Waals surface area contributed by atoms with Gasteiger partial charge < -0.3 is 10.4 Å². The number of hydrogen-bond donors (Lipinski definition) is 2. The van der Waals surface area contributed by atoms with Crippen molar-refractivity contribution in [3.05, 3.63) is 0 Å². The minimum absolute atomic E-state index is 0.451. The number of rotatable bonds is 7. The Bertz CT molecular complexity index is 197. The summed E-state index contributed by atoms with van der Waals surface area (Å²) in [5, 5.41) is 14.1. The molecule has 0 saturated carbocycles. The summed E-state index contributed by atoms with van der Waals surface area (Å²) in [4.78, 5) is 0. The molecule has 1 rings (SSSR count). The molecule has 2 nitrogen and oxygen atoms in total. The predicted molar refractivity (Wildman–Crippen MR) is 74.1 cm³/mol. The highest BCUT2D eigenvalue weighted by molar-refractivity contribution is 4.87. The lowest BCUT2D eigenvalue weighted by Gasteiger charge is -2.38. The molecule has 3 atom stereocenters. The highest BCUT2D eigenvalue weighted by Gasteiger charge is 2.34. The van der Waals surface area contributed by atoms with Crippen molar-refractivity contribution in [2.75, 3.05) is 13.1 Å². The zero-order chi connectivity index (χ0) is 12.7. The fraction of sp³-hybridized carbons (Fsp3) is 1.00. The summed E-state index contributed by atoms with van der Waals surface area (Å²) in [7, 11) is 0. The van der Waals surface area contributed by atoms with Crippen LogP contribution in [0.4, 0.5) is 0 Å². The van der Waals surface area contributed by atoms with Gasteiger partial charge in [-0.25, -0.2) is 0 Å². The molecular weight excluding hydrogens is 210 g/mol. The molecular formula is C15H31NO. The summed E-state index contributed by atoms with van der Waals surface area (Å²) in [6, 6.07) is 0. The Kier molecular flexibility index (Phi) is 6.50. The minimum atomic E-state index is -0.470. The van der Waals surface area contributed by atoms with Gasteiger partial charge in [0.25, 0.3) is 0 Å². The number of nitrogens with one attached hydrogen (secondary N) is 1. The standard InChI is InChI=1S/C15H31NO/c1-4-6-8-13(5-2)11-15(3,17)14-9-7-10-16-12-14/h13-14,16-17H,4-12H2,1-3H3. The van der Waals surface area contributed by atoms with Crippen LogP contribution in [0.3, 0.4) is 0 Å². The SMILES string of the molecule is CCCCC(CC)CC(C)(O)C1CCCNC1. The van der Waals surface area contributed by atoms with Crippen molar-refractivity contribution in [3.8, 4) is 0 Å². The maximum Gasteiger partial charge on any atom is 0.0662 e. The van der Waals surface area contributed by atoms with Gasteiger partial charge in [0, 0.05) is 6.54 Å². The molecule has 1 fully saturated rings. The number of piperidine rings is 1. The summed E-state index contributed by atoms with van der Waals surface area (Å²) >= 11 is 0. The van der Waals surface area contributed by atoms with Gasteiger partial charge in [-0.1, -0.05) is 39.5 Å². The van der Waals surface area contributed by atoms with Gasteiger partial charge in [0.1, 0.15) is 0 Å². The van der Waals surface area contributed by atoms with E-state index in [4.69, 9.17) is 0 Å². The summed E-state index contributed by atoms with van der Waals surface area (Å²) in [6.45, 7) is 8.68. The third kappa shape index (κ3) is 4.97. The van der Waals surface area contributed by atoms with E-state index in [2.05, 4.69) is 26.1 Å². The molecule has 102 valence electrons. The second-order valence-corrected chi connectivity index (χ2v) is 6.02. The van der Waals surface area contributed by atoms with Crippen molar-refractivity contribution >= 4 is 0 Å². The normalized spacial score (nSPS) is 26.5. The molecule has 1 saturated heterocycles. The fourth-order valence-corrected chi connectivity index (χ4v) is 3.08. The van der Waals surface area contributed by atoms with Crippen LogP contribution in [0.25, 0.3) is 0 Å². The molecule has 0 aliphatic carbocycles. The van der Waals surface area contributed by atoms with E-state index in [1.807, 2.05) is 0 Å². The number of aliphatic hydroxyl groups is 1. The lowest BCUT2D eigenvalue weighted by Crippen LogP contribution is -2.45. The molecule has 1 aliphatic heterocycles. The first-order valence-electron chi connectivity index (χ1n) is 7.53. The van der Waals surface area contributed by atoms with Crippen LogP contribution in [0, 0.1) is 11.8 Å². The fourth-order valence-electron chi connectivity index (χ4n) is 3.08. The molecule has 2 N–H and O–H groups in total. The van der Waals surface area contributed by atoms with Crippen molar-refractivity contribution in [1.82, 2.24) is 5.32 Å².